The van der Waals surface area contributed by atoms with Crippen LogP contribution < -0.4 is 10.6 Å². The minimum absolute atomic E-state index is 0. The van der Waals surface area contributed by atoms with E-state index in [1.165, 1.54) is 0 Å². The average molecular weight is 467 g/mol. The predicted molar refractivity (Wildman–Crippen MR) is 116 cm³/mol. The summed E-state index contributed by atoms with van der Waals surface area (Å²) in [6.45, 7) is 7.22. The van der Waals surface area contributed by atoms with Crippen molar-refractivity contribution < 1.29 is 4.42 Å². The molecule has 2 N–H and O–H groups in total. The molecule has 2 heterocycles. The van der Waals surface area contributed by atoms with E-state index in [4.69, 9.17) is 4.42 Å². The number of furan rings is 1. The maximum Gasteiger partial charge on any atom is 0.191 e. The molecular weight excluding hydrogens is 441 g/mol. The van der Waals surface area contributed by atoms with Gasteiger partial charge in [-0.25, -0.2) is 4.99 Å². The highest BCUT2D eigenvalue weighted by Crippen LogP contribution is 2.25. The molecule has 1 aromatic carbocycles. The minimum Gasteiger partial charge on any atom is -0.459 e. The fourth-order valence-corrected chi connectivity index (χ4v) is 2.75. The Morgan fingerprint density at radius 1 is 1.23 bits per heavy atom. The van der Waals surface area contributed by atoms with Crippen molar-refractivity contribution in [3.8, 4) is 0 Å². The van der Waals surface area contributed by atoms with E-state index in [0.717, 1.165) is 54.3 Å². The molecule has 26 heavy (non-hydrogen) atoms. The Bertz CT molecular complexity index is 826. The molecule has 3 rings (SSSR count). The second-order valence-corrected chi connectivity index (χ2v) is 5.89. The van der Waals surface area contributed by atoms with Crippen LogP contribution in [0.5, 0.6) is 0 Å². The van der Waals surface area contributed by atoms with E-state index >= 15 is 0 Å². The van der Waals surface area contributed by atoms with Gasteiger partial charge in [0.25, 0.3) is 0 Å². The van der Waals surface area contributed by atoms with Gasteiger partial charge in [0.15, 0.2) is 5.96 Å². The highest BCUT2D eigenvalue weighted by atomic mass is 127. The van der Waals surface area contributed by atoms with E-state index in [1.807, 2.05) is 35.1 Å². The number of aryl methyl sites for hydroxylation is 2. The molecule has 140 valence electrons. The summed E-state index contributed by atoms with van der Waals surface area (Å²) in [7, 11) is 0. The maximum absolute atomic E-state index is 5.93. The number of guanidine groups is 1. The van der Waals surface area contributed by atoms with Crippen LogP contribution in [-0.4, -0.2) is 28.8 Å². The molecule has 3 aromatic rings. The average Bonchev–Trinajstić information content (AvgIpc) is 3.25. The van der Waals surface area contributed by atoms with Crippen molar-refractivity contribution in [2.45, 2.75) is 33.4 Å². The molecular formula is C19H26IN5O. The summed E-state index contributed by atoms with van der Waals surface area (Å²) < 4.78 is 7.86. The minimum atomic E-state index is 0. The normalized spacial score (nSPS) is 11.4. The number of aromatic nitrogens is 2. The van der Waals surface area contributed by atoms with Crippen molar-refractivity contribution in [3.63, 3.8) is 0 Å². The zero-order valence-corrected chi connectivity index (χ0v) is 17.6. The summed E-state index contributed by atoms with van der Waals surface area (Å²) in [5.74, 6) is 1.72. The van der Waals surface area contributed by atoms with Crippen LogP contribution in [0, 0.1) is 6.92 Å². The lowest BCUT2D eigenvalue weighted by Gasteiger charge is -2.11. The van der Waals surface area contributed by atoms with Crippen molar-refractivity contribution >= 4 is 40.9 Å². The van der Waals surface area contributed by atoms with Crippen molar-refractivity contribution in [1.29, 1.82) is 0 Å². The Balaban J connectivity index is 0.00000243. The van der Waals surface area contributed by atoms with Gasteiger partial charge in [0, 0.05) is 43.0 Å². The molecule has 7 heteroatoms. The van der Waals surface area contributed by atoms with Crippen molar-refractivity contribution in [2.75, 3.05) is 13.1 Å². The maximum atomic E-state index is 5.93. The lowest BCUT2D eigenvalue weighted by Crippen LogP contribution is -2.38. The fraction of sp³-hybridized carbons (Fsp3) is 0.368. The zero-order chi connectivity index (χ0) is 17.5. The topological polar surface area (TPSA) is 67.4 Å². The highest BCUT2D eigenvalue weighted by Gasteiger charge is 2.09. The standard InChI is InChI=1S/C19H25N5O.HI/c1-3-20-19(21-10-6-12-24-13-7-11-23-24)22-14-18-15(2)16-8-4-5-9-17(16)25-18;/h4-5,7-9,11,13H,3,6,10,12,14H2,1-2H3,(H2,20,21,22);1H. The number of rotatable bonds is 7. The van der Waals surface area contributed by atoms with E-state index in [1.54, 1.807) is 6.20 Å². The van der Waals surface area contributed by atoms with E-state index < -0.39 is 0 Å². The van der Waals surface area contributed by atoms with Crippen LogP contribution >= 0.6 is 24.0 Å². The Morgan fingerprint density at radius 2 is 2.08 bits per heavy atom. The summed E-state index contributed by atoms with van der Waals surface area (Å²) in [5.41, 5.74) is 2.08. The predicted octanol–water partition coefficient (Wildman–Crippen LogP) is 3.70. The molecule has 0 atom stereocenters. The smallest absolute Gasteiger partial charge is 0.191 e. The summed E-state index contributed by atoms with van der Waals surface area (Å²) in [6, 6.07) is 10.0. The van der Waals surface area contributed by atoms with Crippen molar-refractivity contribution in [3.05, 3.63) is 54.0 Å². The Morgan fingerprint density at radius 3 is 2.81 bits per heavy atom. The largest absolute Gasteiger partial charge is 0.459 e. The van der Waals surface area contributed by atoms with E-state index in [0.29, 0.717) is 6.54 Å². The van der Waals surface area contributed by atoms with Gasteiger partial charge in [0.2, 0.25) is 0 Å². The molecule has 0 fully saturated rings. The number of aliphatic imine (C=N–C) groups is 1. The first-order valence-electron chi connectivity index (χ1n) is 8.74. The van der Waals surface area contributed by atoms with Gasteiger partial charge in [-0.05, 0) is 32.4 Å². The van der Waals surface area contributed by atoms with Crippen LogP contribution in [-0.2, 0) is 13.1 Å². The van der Waals surface area contributed by atoms with Gasteiger partial charge < -0.3 is 15.1 Å². The van der Waals surface area contributed by atoms with Gasteiger partial charge in [-0.15, -0.1) is 24.0 Å². The number of nitrogens with zero attached hydrogens (tertiary/aromatic N) is 3. The highest BCUT2D eigenvalue weighted by molar-refractivity contribution is 14.0. The zero-order valence-electron chi connectivity index (χ0n) is 15.2. The lowest BCUT2D eigenvalue weighted by molar-refractivity contribution is 0.546. The molecule has 0 saturated carbocycles. The first-order valence-corrected chi connectivity index (χ1v) is 8.74. The molecule has 0 aliphatic carbocycles. The Kier molecular flexibility index (Phi) is 7.96. The first kappa shape index (κ1) is 20.3. The van der Waals surface area contributed by atoms with Crippen LogP contribution in [0.3, 0.4) is 0 Å². The third-order valence-electron chi connectivity index (χ3n) is 4.08. The quantitative estimate of drug-likeness (QED) is 0.241. The van der Waals surface area contributed by atoms with Crippen molar-refractivity contribution in [1.82, 2.24) is 20.4 Å². The third kappa shape index (κ3) is 5.23. The van der Waals surface area contributed by atoms with Gasteiger partial charge in [-0.1, -0.05) is 18.2 Å². The summed E-state index contributed by atoms with van der Waals surface area (Å²) in [6.07, 6.45) is 4.76. The van der Waals surface area contributed by atoms with Gasteiger partial charge >= 0.3 is 0 Å². The van der Waals surface area contributed by atoms with Crippen LogP contribution in [0.4, 0.5) is 0 Å². The van der Waals surface area contributed by atoms with Crippen LogP contribution in [0.2, 0.25) is 0 Å². The SMILES string of the molecule is CCNC(=NCc1oc2ccccc2c1C)NCCCn1cccn1.I. The number of benzene rings is 1. The summed E-state index contributed by atoms with van der Waals surface area (Å²) in [4.78, 5) is 4.65. The van der Waals surface area contributed by atoms with Crippen molar-refractivity contribution in [2.24, 2.45) is 4.99 Å². The van der Waals surface area contributed by atoms with Crippen LogP contribution in [0.15, 0.2) is 52.1 Å². The molecule has 6 nitrogen and oxygen atoms in total. The van der Waals surface area contributed by atoms with Gasteiger partial charge in [-0.3, -0.25) is 4.68 Å². The summed E-state index contributed by atoms with van der Waals surface area (Å²) in [5, 5.41) is 12.0. The van der Waals surface area contributed by atoms with Crippen LogP contribution in [0.1, 0.15) is 24.7 Å². The number of hydrogen-bond acceptors (Lipinski definition) is 3. The van der Waals surface area contributed by atoms with Gasteiger partial charge in [0.1, 0.15) is 17.9 Å². The fourth-order valence-electron chi connectivity index (χ4n) is 2.75. The molecule has 0 amide bonds. The molecule has 0 aliphatic rings. The Hall–Kier alpha value is -2.03. The Labute approximate surface area is 171 Å². The molecule has 2 aromatic heterocycles. The second kappa shape index (κ2) is 10.2. The number of fused-ring (bicyclic) bond motifs is 1. The molecule has 0 radical (unpaired) electrons. The number of para-hydroxylation sites is 1. The molecule has 0 unspecified atom stereocenters. The molecule has 0 spiro atoms. The van der Waals surface area contributed by atoms with E-state index in [9.17, 15) is 0 Å². The number of halogens is 1. The van der Waals surface area contributed by atoms with E-state index in [-0.39, 0.29) is 24.0 Å². The van der Waals surface area contributed by atoms with Gasteiger partial charge in [-0.2, -0.15) is 5.10 Å². The van der Waals surface area contributed by atoms with E-state index in [2.05, 4.69) is 40.6 Å². The summed E-state index contributed by atoms with van der Waals surface area (Å²) >= 11 is 0. The second-order valence-electron chi connectivity index (χ2n) is 5.89. The molecule has 0 saturated heterocycles. The molecule has 0 bridgehead atoms. The monoisotopic (exact) mass is 467 g/mol. The molecule has 0 aliphatic heterocycles. The lowest BCUT2D eigenvalue weighted by atomic mass is 10.1. The number of nitrogens with one attached hydrogen (secondary N) is 2. The van der Waals surface area contributed by atoms with Crippen LogP contribution in [0.25, 0.3) is 11.0 Å². The third-order valence-corrected chi connectivity index (χ3v) is 4.08. The first-order chi connectivity index (χ1) is 12.3. The number of hydrogen-bond donors (Lipinski definition) is 2. The van der Waals surface area contributed by atoms with Gasteiger partial charge in [0.05, 0.1) is 0 Å².